The van der Waals surface area contributed by atoms with Crippen LogP contribution in [0.4, 0.5) is 11.4 Å². The van der Waals surface area contributed by atoms with Gasteiger partial charge in [-0.1, -0.05) is 12.6 Å². The zero-order chi connectivity index (χ0) is 20.1. The molecule has 0 bridgehead atoms. The molecule has 6 heteroatoms. The standard InChI is InChI=1S/C21H26N4O2/c1-5-19(26)27-18-11-10-16(21(23)24)20(13(18)4)15-9-8-14(12-17(15)22)25(6-2)7-3/h5,8-12H,1,6-7,22H2,2-4H3,(H3,23,24). The molecule has 0 saturated heterocycles. The topological polar surface area (TPSA) is 105 Å². The van der Waals surface area contributed by atoms with Crippen LogP contribution in [0.1, 0.15) is 25.0 Å². The van der Waals surface area contributed by atoms with Crippen LogP contribution >= 0.6 is 0 Å². The fourth-order valence-corrected chi connectivity index (χ4v) is 3.09. The zero-order valence-electron chi connectivity index (χ0n) is 16.0. The van der Waals surface area contributed by atoms with E-state index in [1.54, 1.807) is 12.1 Å². The van der Waals surface area contributed by atoms with E-state index in [4.69, 9.17) is 21.6 Å². The molecule has 2 rings (SSSR count). The van der Waals surface area contributed by atoms with Crippen molar-refractivity contribution < 1.29 is 9.53 Å². The quantitative estimate of drug-likeness (QED) is 0.174. The van der Waals surface area contributed by atoms with E-state index in [9.17, 15) is 4.79 Å². The second kappa shape index (κ2) is 8.40. The number of carbonyl (C=O) groups excluding carboxylic acids is 1. The Kier molecular flexibility index (Phi) is 6.23. The van der Waals surface area contributed by atoms with Gasteiger partial charge in [0, 0.05) is 52.8 Å². The first kappa shape index (κ1) is 20.0. The third kappa shape index (κ3) is 4.11. The lowest BCUT2D eigenvalue weighted by atomic mass is 9.92. The molecule has 0 radical (unpaired) electrons. The maximum Gasteiger partial charge on any atom is 0.335 e. The molecule has 0 saturated carbocycles. The molecule has 5 N–H and O–H groups in total. The fraction of sp³-hybridized carbons (Fsp3) is 0.238. The summed E-state index contributed by atoms with van der Waals surface area (Å²) in [5, 5.41) is 7.92. The average molecular weight is 366 g/mol. The highest BCUT2D eigenvalue weighted by molar-refractivity contribution is 6.04. The SMILES string of the molecule is C=CC(=O)Oc1ccc(C(=N)N)c(-c2ccc(N(CC)CC)cc2N)c1C. The molecular formula is C21H26N4O2. The van der Waals surface area contributed by atoms with Crippen LogP contribution in [0.15, 0.2) is 43.0 Å². The smallest absolute Gasteiger partial charge is 0.335 e. The van der Waals surface area contributed by atoms with E-state index in [1.165, 1.54) is 0 Å². The van der Waals surface area contributed by atoms with E-state index in [0.717, 1.165) is 30.4 Å². The first-order valence-corrected chi connectivity index (χ1v) is 8.81. The Morgan fingerprint density at radius 3 is 2.44 bits per heavy atom. The summed E-state index contributed by atoms with van der Waals surface area (Å²) in [4.78, 5) is 13.8. The van der Waals surface area contributed by atoms with Gasteiger partial charge < -0.3 is 21.1 Å². The fourth-order valence-electron chi connectivity index (χ4n) is 3.09. The molecule has 0 aliphatic carbocycles. The van der Waals surface area contributed by atoms with E-state index >= 15 is 0 Å². The monoisotopic (exact) mass is 366 g/mol. The molecule has 0 aliphatic rings. The normalized spacial score (nSPS) is 10.3. The molecule has 0 aromatic heterocycles. The number of nitrogens with one attached hydrogen (secondary N) is 1. The maximum absolute atomic E-state index is 11.6. The summed E-state index contributed by atoms with van der Waals surface area (Å²) in [6, 6.07) is 9.10. The number of nitrogens with two attached hydrogens (primary N) is 2. The van der Waals surface area contributed by atoms with Crippen molar-refractivity contribution >= 4 is 23.2 Å². The Labute approximate surface area is 159 Å². The van der Waals surface area contributed by atoms with Crippen molar-refractivity contribution in [3.8, 4) is 16.9 Å². The van der Waals surface area contributed by atoms with Gasteiger partial charge in [-0.2, -0.15) is 0 Å². The van der Waals surface area contributed by atoms with Gasteiger partial charge in [0.2, 0.25) is 0 Å². The largest absolute Gasteiger partial charge is 0.423 e. The lowest BCUT2D eigenvalue weighted by Crippen LogP contribution is -2.21. The highest BCUT2D eigenvalue weighted by Gasteiger charge is 2.18. The highest BCUT2D eigenvalue weighted by atomic mass is 16.5. The van der Waals surface area contributed by atoms with Crippen molar-refractivity contribution in [2.45, 2.75) is 20.8 Å². The molecule has 0 heterocycles. The summed E-state index contributed by atoms with van der Waals surface area (Å²) < 4.78 is 5.31. The molecule has 2 aromatic carbocycles. The number of anilines is 2. The molecule has 142 valence electrons. The number of amidine groups is 1. The van der Waals surface area contributed by atoms with E-state index < -0.39 is 5.97 Å². The van der Waals surface area contributed by atoms with Crippen LogP contribution < -0.4 is 21.1 Å². The van der Waals surface area contributed by atoms with Crippen molar-refractivity contribution in [3.63, 3.8) is 0 Å². The lowest BCUT2D eigenvalue weighted by molar-refractivity contribution is -0.129. The third-order valence-corrected chi connectivity index (χ3v) is 4.52. The average Bonchev–Trinajstić information content (AvgIpc) is 2.64. The summed E-state index contributed by atoms with van der Waals surface area (Å²) in [5.41, 5.74) is 16.4. The molecule has 0 amide bonds. The van der Waals surface area contributed by atoms with E-state index in [2.05, 4.69) is 25.3 Å². The van der Waals surface area contributed by atoms with Gasteiger partial charge in [-0.3, -0.25) is 5.41 Å². The molecule has 27 heavy (non-hydrogen) atoms. The number of hydrogen-bond acceptors (Lipinski definition) is 5. The van der Waals surface area contributed by atoms with Crippen LogP contribution in [-0.2, 0) is 4.79 Å². The van der Waals surface area contributed by atoms with E-state index in [-0.39, 0.29) is 5.84 Å². The van der Waals surface area contributed by atoms with Crippen LogP contribution in [0, 0.1) is 12.3 Å². The number of benzene rings is 2. The molecule has 0 fully saturated rings. The minimum Gasteiger partial charge on any atom is -0.423 e. The summed E-state index contributed by atoms with van der Waals surface area (Å²) in [7, 11) is 0. The van der Waals surface area contributed by atoms with Crippen LogP contribution in [0.2, 0.25) is 0 Å². The maximum atomic E-state index is 11.6. The Bertz CT molecular complexity index is 886. The second-order valence-electron chi connectivity index (χ2n) is 6.09. The number of hydrogen-bond donors (Lipinski definition) is 3. The van der Waals surface area contributed by atoms with Crippen LogP contribution in [0.5, 0.6) is 5.75 Å². The molecular weight excluding hydrogens is 340 g/mol. The molecule has 2 aromatic rings. The number of ether oxygens (including phenoxy) is 1. The first-order chi connectivity index (χ1) is 12.8. The summed E-state index contributed by atoms with van der Waals surface area (Å²) >= 11 is 0. The van der Waals surface area contributed by atoms with E-state index in [1.807, 2.05) is 25.1 Å². The Morgan fingerprint density at radius 2 is 1.93 bits per heavy atom. The Hall–Kier alpha value is -3.28. The highest BCUT2D eigenvalue weighted by Crippen LogP contribution is 2.38. The Morgan fingerprint density at radius 1 is 1.26 bits per heavy atom. The van der Waals surface area contributed by atoms with Crippen LogP contribution in [-0.4, -0.2) is 24.9 Å². The summed E-state index contributed by atoms with van der Waals surface area (Å²) in [5.74, 6) is -0.251. The predicted molar refractivity (Wildman–Crippen MR) is 111 cm³/mol. The van der Waals surface area contributed by atoms with Gasteiger partial charge in [0.15, 0.2) is 0 Å². The Balaban J connectivity index is 2.65. The molecule has 0 aliphatic heterocycles. The number of nitrogen functional groups attached to an aromatic ring is 2. The predicted octanol–water partition coefficient (Wildman–Crippen LogP) is 3.47. The van der Waals surface area contributed by atoms with Gasteiger partial charge in [0.1, 0.15) is 11.6 Å². The third-order valence-electron chi connectivity index (χ3n) is 4.52. The minimum absolute atomic E-state index is 0.0816. The molecule has 0 atom stereocenters. The van der Waals surface area contributed by atoms with Crippen molar-refractivity contribution in [2.24, 2.45) is 5.73 Å². The van der Waals surface area contributed by atoms with Gasteiger partial charge in [0.25, 0.3) is 0 Å². The van der Waals surface area contributed by atoms with E-state index in [0.29, 0.717) is 28.1 Å². The summed E-state index contributed by atoms with van der Waals surface area (Å²) in [6.07, 6.45) is 1.10. The molecule has 0 unspecified atom stereocenters. The van der Waals surface area contributed by atoms with Gasteiger partial charge >= 0.3 is 5.97 Å². The zero-order valence-corrected chi connectivity index (χ0v) is 16.0. The summed E-state index contributed by atoms with van der Waals surface area (Å²) in [6.45, 7) is 11.1. The van der Waals surface area contributed by atoms with Crippen molar-refractivity contribution in [1.82, 2.24) is 0 Å². The van der Waals surface area contributed by atoms with Crippen LogP contribution in [0.25, 0.3) is 11.1 Å². The first-order valence-electron chi connectivity index (χ1n) is 8.81. The van der Waals surface area contributed by atoms with Gasteiger partial charge in [-0.05, 0) is 45.0 Å². The second-order valence-corrected chi connectivity index (χ2v) is 6.09. The minimum atomic E-state index is -0.551. The van der Waals surface area contributed by atoms with Gasteiger partial charge in [0.05, 0.1) is 0 Å². The van der Waals surface area contributed by atoms with Crippen LogP contribution in [0.3, 0.4) is 0 Å². The van der Waals surface area contributed by atoms with Crippen molar-refractivity contribution in [1.29, 1.82) is 5.41 Å². The number of nitrogens with zero attached hydrogens (tertiary/aromatic N) is 1. The van der Waals surface area contributed by atoms with Crippen molar-refractivity contribution in [3.05, 3.63) is 54.1 Å². The number of esters is 1. The lowest BCUT2D eigenvalue weighted by Gasteiger charge is -2.23. The molecule has 0 spiro atoms. The van der Waals surface area contributed by atoms with Crippen molar-refractivity contribution in [2.75, 3.05) is 23.7 Å². The molecule has 6 nitrogen and oxygen atoms in total. The van der Waals surface area contributed by atoms with Gasteiger partial charge in [-0.25, -0.2) is 4.79 Å². The number of carbonyl (C=O) groups is 1. The van der Waals surface area contributed by atoms with Gasteiger partial charge in [-0.15, -0.1) is 0 Å². The number of rotatable bonds is 7.